The second-order valence-corrected chi connectivity index (χ2v) is 14.5. The molecule has 0 spiro atoms. The average Bonchev–Trinajstić information content (AvgIpc) is 3.81. The molecule has 10 nitrogen and oxygen atoms in total. The Morgan fingerprint density at radius 3 is 2.48 bits per heavy atom. The van der Waals surface area contributed by atoms with E-state index in [0.717, 1.165) is 72.0 Å². The number of pyridine rings is 1. The van der Waals surface area contributed by atoms with E-state index in [0.29, 0.717) is 11.9 Å². The van der Waals surface area contributed by atoms with Gasteiger partial charge >= 0.3 is 6.03 Å². The number of hydrogen-bond donors (Lipinski definition) is 2. The number of likely N-dealkylation sites (tertiary alicyclic amines) is 1. The molecule has 7 rings (SSSR count). The Bertz CT molecular complexity index is 1920. The quantitative estimate of drug-likeness (QED) is 0.187. The van der Waals surface area contributed by atoms with E-state index in [1.54, 1.807) is 0 Å². The van der Waals surface area contributed by atoms with Crippen molar-refractivity contribution in [3.63, 3.8) is 0 Å². The van der Waals surface area contributed by atoms with Gasteiger partial charge in [-0.15, -0.1) is 10.2 Å². The lowest BCUT2D eigenvalue weighted by molar-refractivity contribution is 0.171. The van der Waals surface area contributed by atoms with E-state index in [-0.39, 0.29) is 29.6 Å². The predicted molar refractivity (Wildman–Crippen MR) is 188 cm³/mol. The zero-order valence-corrected chi connectivity index (χ0v) is 28.8. The minimum atomic E-state index is -0.268. The first-order chi connectivity index (χ1) is 23.0. The normalized spacial score (nSPS) is 19.9. The fourth-order valence-corrected chi connectivity index (χ4v) is 7.09. The highest BCUT2D eigenvalue weighted by Gasteiger charge is 2.33. The van der Waals surface area contributed by atoms with E-state index >= 15 is 0 Å². The second-order valence-electron chi connectivity index (χ2n) is 14.5. The van der Waals surface area contributed by atoms with Crippen molar-refractivity contribution in [1.29, 1.82) is 0 Å². The Labute approximate surface area is 282 Å². The van der Waals surface area contributed by atoms with Crippen LogP contribution in [0.15, 0.2) is 72.9 Å². The van der Waals surface area contributed by atoms with E-state index in [4.69, 9.17) is 9.84 Å². The number of rotatable bonds is 7. The highest BCUT2D eigenvalue weighted by atomic mass is 16.5. The van der Waals surface area contributed by atoms with Crippen LogP contribution in [0.4, 0.5) is 10.6 Å². The Hall–Kier alpha value is -4.70. The fourth-order valence-electron chi connectivity index (χ4n) is 7.09. The molecular weight excluding hydrogens is 600 g/mol. The van der Waals surface area contributed by atoms with Crippen LogP contribution in [0.1, 0.15) is 107 Å². The molecule has 3 atom stereocenters. The molecular formula is C38H46N8O2. The van der Waals surface area contributed by atoms with Crippen LogP contribution < -0.4 is 15.4 Å². The molecule has 1 fully saturated rings. The van der Waals surface area contributed by atoms with Crippen LogP contribution in [0.3, 0.4) is 0 Å². The van der Waals surface area contributed by atoms with E-state index in [1.807, 2.05) is 65.5 Å². The van der Waals surface area contributed by atoms with Crippen molar-refractivity contribution in [2.24, 2.45) is 0 Å². The number of aryl methyl sites for hydroxylation is 1. The maximum Gasteiger partial charge on any atom is 0.320 e. The number of carbonyl (C=O) groups excluding carboxylic acids is 1. The first-order valence-electron chi connectivity index (χ1n) is 17.2. The molecule has 0 radical (unpaired) electrons. The maximum absolute atomic E-state index is 13.6. The van der Waals surface area contributed by atoms with Gasteiger partial charge in [0, 0.05) is 17.5 Å². The van der Waals surface area contributed by atoms with Crippen molar-refractivity contribution in [2.45, 2.75) is 96.9 Å². The Balaban J connectivity index is 1.09. The summed E-state index contributed by atoms with van der Waals surface area (Å²) in [6, 6.07) is 22.6. The minimum Gasteiger partial charge on any atom is -0.484 e. The molecule has 4 heterocycles. The third-order valence-corrected chi connectivity index (χ3v) is 9.67. The topological polar surface area (TPSA) is 102 Å². The standard InChI is InChI=1S/C38H46N8O2/c1-24(2)44-21-9-12-31(44)36-42-41-34-20-17-27(23-45(34)36)48-32-19-18-30(28-10-7-8-11-29(28)32)39-37(47)40-35-22-33(38(4,5)6)43-46(35)26-15-13-25(3)14-16-26/h7-8,10-11,13-17,20,22-24,30-32H,9,12,18-19,21H2,1-6H3,(H2,39,40,47)/t30-,31-,32+/m0/s1. The monoisotopic (exact) mass is 646 g/mol. The van der Waals surface area contributed by atoms with Gasteiger partial charge in [0.1, 0.15) is 17.7 Å². The van der Waals surface area contributed by atoms with Gasteiger partial charge in [0.2, 0.25) is 0 Å². The lowest BCUT2D eigenvalue weighted by Gasteiger charge is -2.32. The van der Waals surface area contributed by atoms with Crippen LogP contribution >= 0.6 is 0 Å². The van der Waals surface area contributed by atoms with Crippen LogP contribution in [-0.2, 0) is 5.41 Å². The number of aromatic nitrogens is 5. The molecule has 1 saturated heterocycles. The number of nitrogens with zero attached hydrogens (tertiary/aromatic N) is 6. The average molecular weight is 647 g/mol. The van der Waals surface area contributed by atoms with Crippen LogP contribution in [0, 0.1) is 6.92 Å². The van der Waals surface area contributed by atoms with Gasteiger partial charge < -0.3 is 10.1 Å². The van der Waals surface area contributed by atoms with Crippen LogP contribution in [0.25, 0.3) is 11.3 Å². The summed E-state index contributed by atoms with van der Waals surface area (Å²) in [5.74, 6) is 2.38. The first kappa shape index (κ1) is 31.9. The van der Waals surface area contributed by atoms with Gasteiger partial charge in [-0.25, -0.2) is 9.48 Å². The van der Waals surface area contributed by atoms with E-state index in [9.17, 15) is 4.79 Å². The number of benzene rings is 2. The molecule has 2 aliphatic rings. The molecule has 250 valence electrons. The van der Waals surface area contributed by atoms with Gasteiger partial charge in [-0.1, -0.05) is 62.7 Å². The number of ether oxygens (including phenoxy) is 1. The van der Waals surface area contributed by atoms with E-state index in [2.05, 4.69) is 83.8 Å². The van der Waals surface area contributed by atoms with Crippen molar-refractivity contribution >= 4 is 17.5 Å². The van der Waals surface area contributed by atoms with Gasteiger partial charge in [0.15, 0.2) is 11.5 Å². The highest BCUT2D eigenvalue weighted by molar-refractivity contribution is 5.89. The zero-order chi connectivity index (χ0) is 33.6. The SMILES string of the molecule is Cc1ccc(-n2nc(C(C)(C)C)cc2NC(=O)N[C@H]2CC[C@@H](Oc3ccc4nnc([C@@H]5CCCN5C(C)C)n4c3)c3ccccc32)cc1. The number of urea groups is 1. The summed E-state index contributed by atoms with van der Waals surface area (Å²) in [7, 11) is 0. The summed E-state index contributed by atoms with van der Waals surface area (Å²) in [4.78, 5) is 16.1. The van der Waals surface area contributed by atoms with Gasteiger partial charge in [0.25, 0.3) is 0 Å². The third kappa shape index (κ3) is 6.29. The highest BCUT2D eigenvalue weighted by Crippen LogP contribution is 2.39. The summed E-state index contributed by atoms with van der Waals surface area (Å²) in [6.45, 7) is 14.0. The van der Waals surface area contributed by atoms with Crippen molar-refractivity contribution in [2.75, 3.05) is 11.9 Å². The van der Waals surface area contributed by atoms with Crippen LogP contribution in [0.5, 0.6) is 5.75 Å². The van der Waals surface area contributed by atoms with E-state index < -0.39 is 0 Å². The maximum atomic E-state index is 13.6. The second kappa shape index (κ2) is 12.7. The molecule has 0 bridgehead atoms. The molecule has 2 aromatic carbocycles. The zero-order valence-electron chi connectivity index (χ0n) is 28.8. The number of anilines is 1. The molecule has 3 aromatic heterocycles. The number of fused-ring (bicyclic) bond motifs is 2. The predicted octanol–water partition coefficient (Wildman–Crippen LogP) is 7.84. The van der Waals surface area contributed by atoms with E-state index in [1.165, 1.54) is 5.56 Å². The molecule has 2 amide bonds. The van der Waals surface area contributed by atoms with Crippen molar-refractivity contribution in [3.8, 4) is 11.4 Å². The lowest BCUT2D eigenvalue weighted by atomic mass is 9.85. The first-order valence-corrected chi connectivity index (χ1v) is 17.2. The summed E-state index contributed by atoms with van der Waals surface area (Å²) in [5, 5.41) is 20.3. The number of nitrogens with one attached hydrogen (secondary N) is 2. The summed E-state index contributed by atoms with van der Waals surface area (Å²) in [6.07, 6.45) is 5.63. The summed E-state index contributed by atoms with van der Waals surface area (Å²) in [5.41, 5.74) is 5.76. The van der Waals surface area contributed by atoms with Gasteiger partial charge in [-0.3, -0.25) is 14.6 Å². The van der Waals surface area contributed by atoms with Crippen molar-refractivity contribution < 1.29 is 9.53 Å². The largest absolute Gasteiger partial charge is 0.484 e. The molecule has 10 heteroatoms. The minimum absolute atomic E-state index is 0.143. The number of carbonyl (C=O) groups is 1. The molecule has 1 aliphatic heterocycles. The van der Waals surface area contributed by atoms with Crippen molar-refractivity contribution in [3.05, 3.63) is 101 Å². The lowest BCUT2D eigenvalue weighted by Crippen LogP contribution is -2.36. The molecule has 0 unspecified atom stereocenters. The van der Waals surface area contributed by atoms with Gasteiger partial charge in [0.05, 0.1) is 29.7 Å². The Kier molecular flexibility index (Phi) is 8.45. The van der Waals surface area contributed by atoms with Crippen LogP contribution in [0.2, 0.25) is 0 Å². The smallest absolute Gasteiger partial charge is 0.320 e. The van der Waals surface area contributed by atoms with Crippen molar-refractivity contribution in [1.82, 2.24) is 34.6 Å². The summed E-state index contributed by atoms with van der Waals surface area (Å²) >= 11 is 0. The molecule has 0 saturated carbocycles. The fraction of sp³-hybridized carbons (Fsp3) is 0.421. The number of amides is 2. The molecule has 1 aliphatic carbocycles. The van der Waals surface area contributed by atoms with Crippen LogP contribution in [-0.4, -0.2) is 47.9 Å². The molecule has 5 aromatic rings. The Morgan fingerprint density at radius 2 is 1.73 bits per heavy atom. The van der Waals surface area contributed by atoms with Gasteiger partial charge in [-0.05, 0) is 88.4 Å². The third-order valence-electron chi connectivity index (χ3n) is 9.67. The van der Waals surface area contributed by atoms with Gasteiger partial charge in [-0.2, -0.15) is 5.10 Å². The number of hydrogen-bond acceptors (Lipinski definition) is 6. The summed E-state index contributed by atoms with van der Waals surface area (Å²) < 4.78 is 10.6. The Morgan fingerprint density at radius 1 is 0.958 bits per heavy atom. The molecule has 48 heavy (non-hydrogen) atoms. The molecule has 2 N–H and O–H groups in total.